The van der Waals surface area contributed by atoms with Crippen LogP contribution in [-0.2, 0) is 21.4 Å². The number of hydrogen-bond donors (Lipinski definition) is 0. The molecule has 0 N–H and O–H groups in total. The fourth-order valence-electron chi connectivity index (χ4n) is 2.46. The maximum absolute atomic E-state index is 12.4. The number of sulfonamides is 1. The summed E-state index contributed by atoms with van der Waals surface area (Å²) >= 11 is 0. The van der Waals surface area contributed by atoms with Gasteiger partial charge in [-0.25, -0.2) is 13.2 Å². The van der Waals surface area contributed by atoms with Crippen molar-refractivity contribution in [1.82, 2.24) is 4.31 Å². The third kappa shape index (κ3) is 4.28. The number of carbonyl (C=O) groups is 1. The van der Waals surface area contributed by atoms with Crippen LogP contribution in [0.5, 0.6) is 0 Å². The molecule has 0 aromatic heterocycles. The first-order valence-electron chi connectivity index (χ1n) is 8.19. The highest BCUT2D eigenvalue weighted by atomic mass is 32.2. The van der Waals surface area contributed by atoms with Crippen molar-refractivity contribution in [2.24, 2.45) is 0 Å². The van der Waals surface area contributed by atoms with Crippen molar-refractivity contribution in [3.8, 4) is 6.07 Å². The molecule has 0 radical (unpaired) electrons. The molecule has 2 rings (SSSR count). The Morgan fingerprint density at radius 1 is 1.08 bits per heavy atom. The maximum atomic E-state index is 12.4. The summed E-state index contributed by atoms with van der Waals surface area (Å²) in [7, 11) is -3.56. The summed E-state index contributed by atoms with van der Waals surface area (Å²) in [5.41, 5.74) is 1.31. The first-order chi connectivity index (χ1) is 12.4. The Morgan fingerprint density at radius 3 is 2.27 bits per heavy atom. The lowest BCUT2D eigenvalue weighted by Crippen LogP contribution is -2.30. The van der Waals surface area contributed by atoms with Crippen molar-refractivity contribution < 1.29 is 17.9 Å². The number of nitrogens with zero attached hydrogens (tertiary/aromatic N) is 2. The van der Waals surface area contributed by atoms with E-state index in [2.05, 4.69) is 0 Å². The van der Waals surface area contributed by atoms with Gasteiger partial charge in [0.25, 0.3) is 0 Å². The van der Waals surface area contributed by atoms with Crippen molar-refractivity contribution in [2.45, 2.75) is 25.3 Å². The van der Waals surface area contributed by atoms with Crippen molar-refractivity contribution in [3.63, 3.8) is 0 Å². The fourth-order valence-corrected chi connectivity index (χ4v) is 3.92. The lowest BCUT2D eigenvalue weighted by atomic mass is 10.1. The van der Waals surface area contributed by atoms with Gasteiger partial charge >= 0.3 is 5.97 Å². The summed E-state index contributed by atoms with van der Waals surface area (Å²) < 4.78 is 31.4. The zero-order valence-corrected chi connectivity index (χ0v) is 15.5. The number of rotatable bonds is 7. The Balaban J connectivity index is 2.11. The average molecular weight is 372 g/mol. The van der Waals surface area contributed by atoms with Gasteiger partial charge in [-0.05, 0) is 30.3 Å². The standard InChI is InChI=1S/C19H20N2O4S/c1-3-21(4-2)26(23,24)18-11-9-15(10-12-18)19(22)25-14-17-8-6-5-7-16(17)13-20/h5-12H,3-4,14H2,1-2H3. The van der Waals surface area contributed by atoms with E-state index in [1.807, 2.05) is 6.07 Å². The highest BCUT2D eigenvalue weighted by Crippen LogP contribution is 2.17. The van der Waals surface area contributed by atoms with Crippen molar-refractivity contribution in [2.75, 3.05) is 13.1 Å². The second-order valence-electron chi connectivity index (χ2n) is 5.46. The lowest BCUT2D eigenvalue weighted by molar-refractivity contribution is 0.0472. The van der Waals surface area contributed by atoms with Crippen LogP contribution in [0.3, 0.4) is 0 Å². The SMILES string of the molecule is CCN(CC)S(=O)(=O)c1ccc(C(=O)OCc2ccccc2C#N)cc1. The highest BCUT2D eigenvalue weighted by molar-refractivity contribution is 7.89. The highest BCUT2D eigenvalue weighted by Gasteiger charge is 2.21. The third-order valence-corrected chi connectivity index (χ3v) is 5.99. The van der Waals surface area contributed by atoms with Crippen LogP contribution in [0, 0.1) is 11.3 Å². The zero-order valence-electron chi connectivity index (χ0n) is 14.7. The summed E-state index contributed by atoms with van der Waals surface area (Å²) in [5, 5.41) is 9.04. The molecule has 0 spiro atoms. The monoisotopic (exact) mass is 372 g/mol. The van der Waals surface area contributed by atoms with E-state index in [4.69, 9.17) is 10.00 Å². The molecule has 0 unspecified atom stereocenters. The van der Waals surface area contributed by atoms with Crippen molar-refractivity contribution in [3.05, 3.63) is 65.2 Å². The quantitative estimate of drug-likeness (QED) is 0.697. The molecule has 0 aliphatic rings. The van der Waals surface area contributed by atoms with Crippen LogP contribution < -0.4 is 0 Å². The first kappa shape index (κ1) is 19.6. The molecule has 6 nitrogen and oxygen atoms in total. The minimum Gasteiger partial charge on any atom is -0.457 e. The van der Waals surface area contributed by atoms with Crippen LogP contribution in [0.1, 0.15) is 35.3 Å². The van der Waals surface area contributed by atoms with E-state index >= 15 is 0 Å². The van der Waals surface area contributed by atoms with E-state index in [9.17, 15) is 13.2 Å². The molecule has 0 atom stereocenters. The zero-order chi connectivity index (χ0) is 19.2. The largest absolute Gasteiger partial charge is 0.457 e. The number of carbonyl (C=O) groups excluding carboxylic acids is 1. The topological polar surface area (TPSA) is 87.5 Å². The number of hydrogen-bond acceptors (Lipinski definition) is 5. The predicted octanol–water partition coefficient (Wildman–Crippen LogP) is 2.95. The average Bonchev–Trinajstić information content (AvgIpc) is 2.67. The van der Waals surface area contributed by atoms with Crippen LogP contribution in [-0.4, -0.2) is 31.8 Å². The molecule has 0 aliphatic carbocycles. The third-order valence-electron chi connectivity index (χ3n) is 3.93. The molecule has 0 saturated carbocycles. The number of ether oxygens (including phenoxy) is 1. The van der Waals surface area contributed by atoms with Gasteiger partial charge in [0.05, 0.1) is 22.1 Å². The van der Waals surface area contributed by atoms with Crippen LogP contribution in [0.2, 0.25) is 0 Å². The summed E-state index contributed by atoms with van der Waals surface area (Å²) in [6.07, 6.45) is 0. The van der Waals surface area contributed by atoms with Gasteiger partial charge in [0.2, 0.25) is 10.0 Å². The Labute approximate surface area is 153 Å². The van der Waals surface area contributed by atoms with E-state index < -0.39 is 16.0 Å². The van der Waals surface area contributed by atoms with Crippen LogP contribution in [0.15, 0.2) is 53.4 Å². The molecule has 0 aliphatic heterocycles. The van der Waals surface area contributed by atoms with Gasteiger partial charge in [0, 0.05) is 18.7 Å². The molecule has 2 aromatic rings. The van der Waals surface area contributed by atoms with Crippen LogP contribution >= 0.6 is 0 Å². The summed E-state index contributed by atoms with van der Waals surface area (Å²) in [6, 6.07) is 14.5. The maximum Gasteiger partial charge on any atom is 0.338 e. The molecule has 0 bridgehead atoms. The Hall–Kier alpha value is -2.69. The summed E-state index contributed by atoms with van der Waals surface area (Å²) in [4.78, 5) is 12.3. The molecule has 0 fully saturated rings. The Morgan fingerprint density at radius 2 is 1.69 bits per heavy atom. The molecule has 26 heavy (non-hydrogen) atoms. The minimum atomic E-state index is -3.56. The van der Waals surface area contributed by atoms with Gasteiger partial charge < -0.3 is 4.74 Å². The molecule has 2 aromatic carbocycles. The first-order valence-corrected chi connectivity index (χ1v) is 9.63. The lowest BCUT2D eigenvalue weighted by Gasteiger charge is -2.18. The number of nitriles is 1. The molecule has 0 saturated heterocycles. The van der Waals surface area contributed by atoms with Gasteiger partial charge in [-0.2, -0.15) is 9.57 Å². The van der Waals surface area contributed by atoms with Crippen molar-refractivity contribution in [1.29, 1.82) is 5.26 Å². The number of benzene rings is 2. The van der Waals surface area contributed by atoms with E-state index in [1.54, 1.807) is 38.1 Å². The van der Waals surface area contributed by atoms with Gasteiger partial charge in [-0.3, -0.25) is 0 Å². The normalized spacial score (nSPS) is 11.2. The summed E-state index contributed by atoms with van der Waals surface area (Å²) in [6.45, 7) is 4.27. The number of esters is 1. The second-order valence-corrected chi connectivity index (χ2v) is 7.40. The van der Waals surface area contributed by atoms with Gasteiger partial charge in [0.1, 0.15) is 6.61 Å². The van der Waals surface area contributed by atoms with Crippen LogP contribution in [0.4, 0.5) is 0 Å². The van der Waals surface area contributed by atoms with E-state index in [0.29, 0.717) is 24.2 Å². The van der Waals surface area contributed by atoms with Crippen molar-refractivity contribution >= 4 is 16.0 Å². The Kier molecular flexibility index (Phi) is 6.50. The molecule has 136 valence electrons. The minimum absolute atomic E-state index is 0.0257. The smallest absolute Gasteiger partial charge is 0.338 e. The molecule has 7 heteroatoms. The fraction of sp³-hybridized carbons (Fsp3) is 0.263. The Bertz CT molecular complexity index is 911. The molecule has 0 amide bonds. The second kappa shape index (κ2) is 8.61. The predicted molar refractivity (Wildman–Crippen MR) is 96.8 cm³/mol. The molecular weight excluding hydrogens is 352 g/mol. The van der Waals surface area contributed by atoms with Gasteiger partial charge in [-0.1, -0.05) is 32.0 Å². The molecule has 0 heterocycles. The van der Waals surface area contributed by atoms with E-state index in [1.165, 1.54) is 28.6 Å². The van der Waals surface area contributed by atoms with E-state index in [-0.39, 0.29) is 17.1 Å². The van der Waals surface area contributed by atoms with E-state index in [0.717, 1.165) is 0 Å². The van der Waals surface area contributed by atoms with Gasteiger partial charge in [0.15, 0.2) is 0 Å². The molecular formula is C19H20N2O4S. The summed E-state index contributed by atoms with van der Waals surface area (Å²) in [5.74, 6) is -0.579. The van der Waals surface area contributed by atoms with Crippen LogP contribution in [0.25, 0.3) is 0 Å². The van der Waals surface area contributed by atoms with Gasteiger partial charge in [-0.15, -0.1) is 0 Å².